The highest BCUT2D eigenvalue weighted by Gasteiger charge is 2.35. The van der Waals surface area contributed by atoms with Gasteiger partial charge < -0.3 is 24.4 Å². The number of amides is 2. The van der Waals surface area contributed by atoms with Crippen molar-refractivity contribution in [3.63, 3.8) is 0 Å². The fourth-order valence-electron chi connectivity index (χ4n) is 4.73. The lowest BCUT2D eigenvalue weighted by molar-refractivity contribution is -0.140. The van der Waals surface area contributed by atoms with Crippen molar-refractivity contribution in [3.8, 4) is 17.2 Å². The maximum absolute atomic E-state index is 14.3. The smallest absolute Gasteiger partial charge is 0.265 e. The van der Waals surface area contributed by atoms with Gasteiger partial charge in [0.15, 0.2) is 11.5 Å². The molecule has 2 amide bonds. The number of methoxy groups -OCH3 is 3. The number of halogens is 1. The van der Waals surface area contributed by atoms with Gasteiger partial charge in [0.2, 0.25) is 11.8 Å². The highest BCUT2D eigenvalue weighted by Crippen LogP contribution is 2.37. The van der Waals surface area contributed by atoms with Crippen molar-refractivity contribution < 1.29 is 32.2 Å². The number of hydrogen-bond donors (Lipinski definition) is 1. The summed E-state index contributed by atoms with van der Waals surface area (Å²) in [6.07, 6.45) is 1.04. The molecule has 12 heteroatoms. The van der Waals surface area contributed by atoms with E-state index in [1.54, 1.807) is 6.07 Å². The van der Waals surface area contributed by atoms with E-state index >= 15 is 0 Å². The number of anilines is 1. The summed E-state index contributed by atoms with van der Waals surface area (Å²) in [7, 11) is -0.194. The molecule has 0 radical (unpaired) electrons. The van der Waals surface area contributed by atoms with Gasteiger partial charge in [-0.2, -0.15) is 0 Å². The van der Waals surface area contributed by atoms with E-state index in [0.717, 1.165) is 21.9 Å². The standard InChI is InChI=1S/C32H40ClN3O7S/c1-7-17-34-32(38)26(8-2)35(20-23-12-10-9-11-22(23)3)31(37)21-36(27-18-24(33)13-15-28(27)41-4)44(39,40)25-14-16-29(42-5)30(19-25)43-6/h9-16,18-19,26H,7-8,17,20-21H2,1-6H3,(H,34,38)/t26-/m1/s1. The van der Waals surface area contributed by atoms with Crippen LogP contribution in [0.4, 0.5) is 5.69 Å². The minimum absolute atomic E-state index is 0.0578. The van der Waals surface area contributed by atoms with Crippen LogP contribution in [-0.2, 0) is 26.2 Å². The lowest BCUT2D eigenvalue weighted by atomic mass is 10.1. The molecule has 0 saturated heterocycles. The van der Waals surface area contributed by atoms with Gasteiger partial charge in [0.1, 0.15) is 18.3 Å². The molecule has 0 bridgehead atoms. The van der Waals surface area contributed by atoms with Crippen LogP contribution in [-0.4, -0.2) is 65.6 Å². The summed E-state index contributed by atoms with van der Waals surface area (Å²) in [5.74, 6) is -0.186. The molecule has 3 aromatic carbocycles. The average molecular weight is 646 g/mol. The highest BCUT2D eigenvalue weighted by molar-refractivity contribution is 7.92. The Balaban J connectivity index is 2.18. The zero-order valence-electron chi connectivity index (χ0n) is 25.9. The van der Waals surface area contributed by atoms with Crippen molar-refractivity contribution >= 4 is 39.1 Å². The van der Waals surface area contributed by atoms with Crippen molar-refractivity contribution in [1.82, 2.24) is 10.2 Å². The van der Waals surface area contributed by atoms with E-state index < -0.39 is 28.5 Å². The van der Waals surface area contributed by atoms with Crippen LogP contribution < -0.4 is 23.8 Å². The molecule has 1 N–H and O–H groups in total. The minimum Gasteiger partial charge on any atom is -0.495 e. The fourth-order valence-corrected chi connectivity index (χ4v) is 6.33. The third-order valence-corrected chi connectivity index (χ3v) is 9.16. The minimum atomic E-state index is -4.43. The summed E-state index contributed by atoms with van der Waals surface area (Å²) in [5.41, 5.74) is 1.82. The maximum atomic E-state index is 14.3. The first-order valence-corrected chi connectivity index (χ1v) is 16.0. The SMILES string of the molecule is CCCNC(=O)[C@@H](CC)N(Cc1ccccc1C)C(=O)CN(c1cc(Cl)ccc1OC)S(=O)(=O)c1ccc(OC)c(OC)c1. The van der Waals surface area contributed by atoms with Crippen LogP contribution in [0.25, 0.3) is 0 Å². The molecule has 238 valence electrons. The van der Waals surface area contributed by atoms with E-state index in [4.69, 9.17) is 25.8 Å². The summed E-state index contributed by atoms with van der Waals surface area (Å²) in [6, 6.07) is 15.3. The van der Waals surface area contributed by atoms with Crippen LogP contribution in [0.15, 0.2) is 65.6 Å². The summed E-state index contributed by atoms with van der Waals surface area (Å²) < 4.78 is 45.8. The Hall–Kier alpha value is -3.96. The third-order valence-electron chi connectivity index (χ3n) is 7.17. The predicted molar refractivity (Wildman–Crippen MR) is 171 cm³/mol. The number of nitrogens with zero attached hydrogens (tertiary/aromatic N) is 2. The Bertz CT molecular complexity index is 1570. The maximum Gasteiger partial charge on any atom is 0.265 e. The molecule has 3 aromatic rings. The second-order valence-corrected chi connectivity index (χ2v) is 12.3. The molecule has 44 heavy (non-hydrogen) atoms. The van der Waals surface area contributed by atoms with Crippen molar-refractivity contribution in [3.05, 3.63) is 76.8 Å². The predicted octanol–water partition coefficient (Wildman–Crippen LogP) is 5.20. The van der Waals surface area contributed by atoms with E-state index in [2.05, 4.69) is 5.32 Å². The fraction of sp³-hybridized carbons (Fsp3) is 0.375. The molecular weight excluding hydrogens is 606 g/mol. The van der Waals surface area contributed by atoms with E-state index in [-0.39, 0.29) is 39.6 Å². The number of rotatable bonds is 15. The highest BCUT2D eigenvalue weighted by atomic mass is 35.5. The van der Waals surface area contributed by atoms with Gasteiger partial charge in [-0.25, -0.2) is 8.42 Å². The summed E-state index contributed by atoms with van der Waals surface area (Å²) in [5, 5.41) is 3.12. The molecule has 0 heterocycles. The van der Waals surface area contributed by atoms with E-state index in [0.29, 0.717) is 18.7 Å². The van der Waals surface area contributed by atoms with Gasteiger partial charge >= 0.3 is 0 Å². The van der Waals surface area contributed by atoms with Gasteiger partial charge in [-0.3, -0.25) is 13.9 Å². The number of nitrogens with one attached hydrogen (secondary N) is 1. The number of hydrogen-bond acceptors (Lipinski definition) is 7. The molecule has 0 spiro atoms. The second-order valence-electron chi connectivity index (χ2n) is 10.0. The molecular formula is C32H40ClN3O7S. The lowest BCUT2D eigenvalue weighted by Gasteiger charge is -2.34. The number of aryl methyl sites for hydroxylation is 1. The number of carbonyl (C=O) groups excluding carboxylic acids is 2. The summed E-state index contributed by atoms with van der Waals surface area (Å²) >= 11 is 6.33. The van der Waals surface area contributed by atoms with Crippen molar-refractivity contribution in [2.45, 2.75) is 51.1 Å². The molecule has 10 nitrogen and oxygen atoms in total. The molecule has 1 atom stereocenters. The molecule has 0 fully saturated rings. The average Bonchev–Trinajstić information content (AvgIpc) is 3.02. The Morgan fingerprint density at radius 1 is 0.909 bits per heavy atom. The molecule has 0 aliphatic heterocycles. The number of carbonyl (C=O) groups is 2. The summed E-state index contributed by atoms with van der Waals surface area (Å²) in [4.78, 5) is 28.9. The lowest BCUT2D eigenvalue weighted by Crippen LogP contribution is -2.52. The second kappa shape index (κ2) is 15.7. The Morgan fingerprint density at radius 3 is 2.18 bits per heavy atom. The zero-order valence-corrected chi connectivity index (χ0v) is 27.5. The molecule has 0 unspecified atom stereocenters. The Kier molecular flexibility index (Phi) is 12.3. The van der Waals surface area contributed by atoms with Crippen LogP contribution in [0.3, 0.4) is 0 Å². The van der Waals surface area contributed by atoms with Crippen molar-refractivity contribution in [2.75, 3.05) is 38.7 Å². The van der Waals surface area contributed by atoms with Gasteiger partial charge in [-0.05, 0) is 61.2 Å². The van der Waals surface area contributed by atoms with E-state index in [9.17, 15) is 18.0 Å². The first kappa shape index (κ1) is 34.5. The first-order valence-electron chi connectivity index (χ1n) is 14.2. The number of ether oxygens (including phenoxy) is 3. The quantitative estimate of drug-likeness (QED) is 0.242. The summed E-state index contributed by atoms with van der Waals surface area (Å²) in [6.45, 7) is 5.57. The van der Waals surface area contributed by atoms with Crippen molar-refractivity contribution in [2.24, 2.45) is 0 Å². The van der Waals surface area contributed by atoms with Gasteiger partial charge in [-0.1, -0.05) is 49.7 Å². The number of benzene rings is 3. The van der Waals surface area contributed by atoms with Crippen LogP contribution in [0, 0.1) is 6.92 Å². The number of sulfonamides is 1. The first-order chi connectivity index (χ1) is 21.0. The van der Waals surface area contributed by atoms with Gasteiger partial charge in [0, 0.05) is 24.2 Å². The van der Waals surface area contributed by atoms with Crippen molar-refractivity contribution in [1.29, 1.82) is 0 Å². The van der Waals surface area contributed by atoms with Crippen LogP contribution in [0.5, 0.6) is 17.2 Å². The van der Waals surface area contributed by atoms with Crippen LogP contribution >= 0.6 is 11.6 Å². The zero-order chi connectivity index (χ0) is 32.4. The normalized spacial score (nSPS) is 11.8. The van der Waals surface area contributed by atoms with Crippen LogP contribution in [0.2, 0.25) is 5.02 Å². The molecule has 0 aromatic heterocycles. The van der Waals surface area contributed by atoms with Gasteiger partial charge in [0.25, 0.3) is 10.0 Å². The van der Waals surface area contributed by atoms with Gasteiger partial charge in [0.05, 0.1) is 31.9 Å². The molecule has 0 aliphatic rings. The molecule has 0 aliphatic carbocycles. The largest absolute Gasteiger partial charge is 0.495 e. The van der Waals surface area contributed by atoms with E-state index in [1.165, 1.54) is 56.6 Å². The Morgan fingerprint density at radius 2 is 1.57 bits per heavy atom. The monoisotopic (exact) mass is 645 g/mol. The third kappa shape index (κ3) is 7.95. The molecule has 3 rings (SSSR count). The Labute approximate surface area is 264 Å². The van der Waals surface area contributed by atoms with Crippen LogP contribution in [0.1, 0.15) is 37.8 Å². The van der Waals surface area contributed by atoms with Gasteiger partial charge in [-0.15, -0.1) is 0 Å². The topological polar surface area (TPSA) is 114 Å². The molecule has 0 saturated carbocycles. The van der Waals surface area contributed by atoms with E-state index in [1.807, 2.05) is 45.0 Å².